The highest BCUT2D eigenvalue weighted by atomic mass is 16.5. The van der Waals surface area contributed by atoms with E-state index in [-0.39, 0.29) is 17.2 Å². The van der Waals surface area contributed by atoms with E-state index in [0.29, 0.717) is 54.9 Å². The van der Waals surface area contributed by atoms with Crippen molar-refractivity contribution in [3.05, 3.63) is 53.1 Å². The van der Waals surface area contributed by atoms with E-state index in [1.807, 2.05) is 32.0 Å². The van der Waals surface area contributed by atoms with Crippen LogP contribution in [0.4, 0.5) is 5.69 Å². The number of hydrogen-bond acceptors (Lipinski definition) is 5. The van der Waals surface area contributed by atoms with Gasteiger partial charge in [-0.1, -0.05) is 24.6 Å². The highest BCUT2D eigenvalue weighted by Gasteiger charge is 2.51. The number of likely N-dealkylation sites (tertiary alicyclic amines) is 1. The fourth-order valence-corrected chi connectivity index (χ4v) is 5.96. The van der Waals surface area contributed by atoms with Crippen LogP contribution >= 0.6 is 0 Å². The van der Waals surface area contributed by atoms with Crippen LogP contribution < -0.4 is 20.1 Å². The van der Waals surface area contributed by atoms with E-state index in [2.05, 4.69) is 10.6 Å². The number of ether oxygens (including phenoxy) is 2. The van der Waals surface area contributed by atoms with Gasteiger partial charge >= 0.3 is 11.8 Å². The Balaban J connectivity index is 1.22. The second-order valence-electron chi connectivity index (χ2n) is 11.2. The minimum atomic E-state index is -0.612. The number of benzene rings is 2. The largest absolute Gasteiger partial charge is 0.493 e. The van der Waals surface area contributed by atoms with Gasteiger partial charge < -0.3 is 25.0 Å². The van der Waals surface area contributed by atoms with Crippen molar-refractivity contribution >= 4 is 23.4 Å². The maximum absolute atomic E-state index is 13.1. The number of methoxy groups -OCH3 is 1. The average Bonchev–Trinajstić information content (AvgIpc) is 3.56. The first kappa shape index (κ1) is 26.1. The van der Waals surface area contributed by atoms with Crippen LogP contribution in [0.5, 0.6) is 11.5 Å². The average molecular weight is 520 g/mol. The molecule has 1 saturated heterocycles. The summed E-state index contributed by atoms with van der Waals surface area (Å²) in [6.07, 6.45) is 5.31. The molecule has 8 nitrogen and oxygen atoms in total. The van der Waals surface area contributed by atoms with Crippen LogP contribution in [0, 0.1) is 31.1 Å². The number of nitrogens with one attached hydrogen (secondary N) is 2. The molecule has 2 aliphatic carbocycles. The predicted molar refractivity (Wildman–Crippen MR) is 144 cm³/mol. The van der Waals surface area contributed by atoms with E-state index in [1.165, 1.54) is 12.8 Å². The summed E-state index contributed by atoms with van der Waals surface area (Å²) in [6, 6.07) is 11.0. The highest BCUT2D eigenvalue weighted by molar-refractivity contribution is 6.39. The molecule has 0 radical (unpaired) electrons. The van der Waals surface area contributed by atoms with Crippen LogP contribution in [0.1, 0.15) is 53.6 Å². The Labute approximate surface area is 224 Å². The highest BCUT2D eigenvalue weighted by Crippen LogP contribution is 2.48. The fourth-order valence-electron chi connectivity index (χ4n) is 5.96. The fraction of sp³-hybridized carbons (Fsp3) is 0.500. The number of aryl methyl sites for hydroxylation is 2. The van der Waals surface area contributed by atoms with Gasteiger partial charge in [0.2, 0.25) is 0 Å². The number of fused-ring (bicyclic) bond motifs is 1. The molecule has 3 amide bonds. The lowest BCUT2D eigenvalue weighted by molar-refractivity contribution is -0.142. The molecular formula is C30H37N3O5. The Morgan fingerprint density at radius 2 is 1.82 bits per heavy atom. The van der Waals surface area contributed by atoms with Crippen LogP contribution in [0.3, 0.4) is 0 Å². The summed E-state index contributed by atoms with van der Waals surface area (Å²) in [6.45, 7) is 5.92. The molecule has 202 valence electrons. The second kappa shape index (κ2) is 10.7. The van der Waals surface area contributed by atoms with Gasteiger partial charge in [-0.2, -0.15) is 0 Å². The molecule has 2 N–H and O–H groups in total. The molecule has 1 aliphatic heterocycles. The Morgan fingerprint density at radius 1 is 1.05 bits per heavy atom. The van der Waals surface area contributed by atoms with Crippen LogP contribution in [0.25, 0.3) is 0 Å². The molecule has 2 aromatic rings. The number of hydrogen-bond donors (Lipinski definition) is 2. The van der Waals surface area contributed by atoms with Gasteiger partial charge in [0.25, 0.3) is 5.91 Å². The molecule has 2 aromatic carbocycles. The maximum atomic E-state index is 13.1. The van der Waals surface area contributed by atoms with E-state index < -0.39 is 11.8 Å². The van der Waals surface area contributed by atoms with Crippen molar-refractivity contribution in [1.29, 1.82) is 0 Å². The monoisotopic (exact) mass is 519 g/mol. The Morgan fingerprint density at radius 3 is 2.53 bits per heavy atom. The first-order chi connectivity index (χ1) is 18.3. The van der Waals surface area contributed by atoms with Crippen molar-refractivity contribution in [2.75, 3.05) is 38.7 Å². The smallest absolute Gasteiger partial charge is 0.313 e. The van der Waals surface area contributed by atoms with E-state index in [0.717, 1.165) is 30.4 Å². The normalized spacial score (nSPS) is 22.1. The summed E-state index contributed by atoms with van der Waals surface area (Å²) in [7, 11) is 1.59. The molecule has 1 heterocycles. The van der Waals surface area contributed by atoms with E-state index in [9.17, 15) is 14.4 Å². The van der Waals surface area contributed by atoms with E-state index in [1.54, 1.807) is 30.2 Å². The van der Waals surface area contributed by atoms with Crippen LogP contribution in [0.15, 0.2) is 36.4 Å². The zero-order chi connectivity index (χ0) is 26.9. The van der Waals surface area contributed by atoms with Crippen molar-refractivity contribution in [3.63, 3.8) is 0 Å². The molecule has 2 saturated carbocycles. The summed E-state index contributed by atoms with van der Waals surface area (Å²) < 4.78 is 11.3. The zero-order valence-corrected chi connectivity index (χ0v) is 22.5. The van der Waals surface area contributed by atoms with Crippen molar-refractivity contribution in [3.8, 4) is 11.5 Å². The number of para-hydroxylation sites is 1. The molecular weight excluding hydrogens is 482 g/mol. The van der Waals surface area contributed by atoms with E-state index >= 15 is 0 Å². The molecule has 0 spiro atoms. The number of carbonyl (C=O) groups excluding carboxylic acids is 3. The minimum Gasteiger partial charge on any atom is -0.493 e. The SMILES string of the molecule is COc1ccc(C(=O)NC[C@]23CCC[C@H]2CN(C(=O)C(=O)Nc2c(C)cccc2C)C3)cc1OCC1CC1. The third kappa shape index (κ3) is 5.35. The Bertz CT molecular complexity index is 1220. The summed E-state index contributed by atoms with van der Waals surface area (Å²) >= 11 is 0. The van der Waals surface area contributed by atoms with Crippen molar-refractivity contribution < 1.29 is 23.9 Å². The summed E-state index contributed by atoms with van der Waals surface area (Å²) in [4.78, 5) is 40.8. The molecule has 38 heavy (non-hydrogen) atoms. The van der Waals surface area contributed by atoms with E-state index in [4.69, 9.17) is 9.47 Å². The molecule has 3 aliphatic rings. The van der Waals surface area contributed by atoms with Crippen molar-refractivity contribution in [2.45, 2.75) is 46.0 Å². The number of rotatable bonds is 8. The van der Waals surface area contributed by atoms with Gasteiger partial charge in [-0.15, -0.1) is 0 Å². The van der Waals surface area contributed by atoms with Crippen LogP contribution in [-0.4, -0.2) is 56.0 Å². The third-order valence-corrected chi connectivity index (χ3v) is 8.44. The first-order valence-corrected chi connectivity index (χ1v) is 13.5. The lowest BCUT2D eigenvalue weighted by atomic mass is 9.80. The van der Waals surface area contributed by atoms with Gasteiger partial charge in [0, 0.05) is 36.3 Å². The molecule has 2 atom stereocenters. The number of anilines is 1. The van der Waals surface area contributed by atoms with Gasteiger partial charge in [-0.3, -0.25) is 14.4 Å². The third-order valence-electron chi connectivity index (χ3n) is 8.44. The number of amides is 3. The van der Waals surface area contributed by atoms with Gasteiger partial charge in [-0.25, -0.2) is 0 Å². The molecule has 3 fully saturated rings. The summed E-state index contributed by atoms with van der Waals surface area (Å²) in [5, 5.41) is 5.93. The Hall–Kier alpha value is -3.55. The first-order valence-electron chi connectivity index (χ1n) is 13.5. The summed E-state index contributed by atoms with van der Waals surface area (Å²) in [5.41, 5.74) is 2.82. The topological polar surface area (TPSA) is 97.0 Å². The predicted octanol–water partition coefficient (Wildman–Crippen LogP) is 4.10. The summed E-state index contributed by atoms with van der Waals surface area (Å²) in [5.74, 6) is 0.733. The van der Waals surface area contributed by atoms with Gasteiger partial charge in [0.1, 0.15) is 0 Å². The lowest BCUT2D eigenvalue weighted by Gasteiger charge is -2.29. The second-order valence-corrected chi connectivity index (χ2v) is 11.2. The van der Waals surface area contributed by atoms with Crippen molar-refractivity contribution in [2.24, 2.45) is 17.3 Å². The number of nitrogens with zero attached hydrogens (tertiary/aromatic N) is 1. The van der Waals surface area contributed by atoms with Crippen LogP contribution in [-0.2, 0) is 9.59 Å². The molecule has 5 rings (SSSR count). The number of carbonyl (C=O) groups is 3. The van der Waals surface area contributed by atoms with Gasteiger partial charge in [0.05, 0.1) is 13.7 Å². The molecule has 0 aromatic heterocycles. The van der Waals surface area contributed by atoms with Gasteiger partial charge in [-0.05, 0) is 80.7 Å². The van der Waals surface area contributed by atoms with Gasteiger partial charge in [0.15, 0.2) is 11.5 Å². The molecule has 0 bridgehead atoms. The zero-order valence-electron chi connectivity index (χ0n) is 22.5. The van der Waals surface area contributed by atoms with Crippen molar-refractivity contribution in [1.82, 2.24) is 10.2 Å². The Kier molecular flexibility index (Phi) is 7.32. The minimum absolute atomic E-state index is 0.179. The molecule has 0 unspecified atom stereocenters. The quantitative estimate of drug-likeness (QED) is 0.512. The molecule has 8 heteroatoms. The van der Waals surface area contributed by atoms with Crippen LogP contribution in [0.2, 0.25) is 0 Å². The standard InChI is InChI=1S/C30H37N3O5/c1-19-6-4-7-20(2)26(19)32-28(35)29(36)33-15-23-8-5-13-30(23,18-33)17-31-27(34)22-11-12-24(37-3)25(14-22)38-16-21-9-10-21/h4,6-7,11-12,14,21,23H,5,8-10,13,15-18H2,1-3H3,(H,31,34)(H,32,35)/t23-,30-/m0/s1. The lowest BCUT2D eigenvalue weighted by Crippen LogP contribution is -2.43. The maximum Gasteiger partial charge on any atom is 0.313 e.